The fourth-order valence-corrected chi connectivity index (χ4v) is 3.79. The van der Waals surface area contributed by atoms with Crippen molar-refractivity contribution in [3.63, 3.8) is 0 Å². The Morgan fingerprint density at radius 1 is 1.10 bits per heavy atom. The number of hydrogen-bond acceptors (Lipinski definition) is 3. The predicted octanol–water partition coefficient (Wildman–Crippen LogP) is 3.49. The SMILES string of the molecule is O[C@H]1[C@H](Oc2cccc(Cl)c2)CCC[C@@H]1N1CCCCC1. The van der Waals surface area contributed by atoms with E-state index < -0.39 is 6.10 Å². The topological polar surface area (TPSA) is 32.7 Å². The molecule has 2 fully saturated rings. The molecule has 116 valence electrons. The molecule has 4 heteroatoms. The van der Waals surface area contributed by atoms with Crippen molar-refractivity contribution in [1.82, 2.24) is 4.90 Å². The highest BCUT2D eigenvalue weighted by Gasteiger charge is 2.37. The van der Waals surface area contributed by atoms with Gasteiger partial charge in [-0.2, -0.15) is 0 Å². The molecular weight excluding hydrogens is 286 g/mol. The van der Waals surface area contributed by atoms with E-state index in [2.05, 4.69) is 4.90 Å². The van der Waals surface area contributed by atoms with Crippen LogP contribution in [-0.4, -0.2) is 41.3 Å². The van der Waals surface area contributed by atoms with Gasteiger partial charge in [-0.25, -0.2) is 0 Å². The molecule has 0 aromatic heterocycles. The molecule has 2 aliphatic rings. The molecule has 1 N–H and O–H groups in total. The molecule has 1 saturated heterocycles. The van der Waals surface area contributed by atoms with Crippen LogP contribution in [0.15, 0.2) is 24.3 Å². The highest BCUT2D eigenvalue weighted by Crippen LogP contribution is 2.29. The van der Waals surface area contributed by atoms with Gasteiger partial charge in [0.15, 0.2) is 0 Å². The normalized spacial score (nSPS) is 31.0. The smallest absolute Gasteiger partial charge is 0.126 e. The van der Waals surface area contributed by atoms with Crippen LogP contribution in [0.4, 0.5) is 0 Å². The van der Waals surface area contributed by atoms with Gasteiger partial charge in [-0.3, -0.25) is 4.90 Å². The van der Waals surface area contributed by atoms with E-state index in [9.17, 15) is 5.11 Å². The second-order valence-corrected chi connectivity index (χ2v) is 6.64. The van der Waals surface area contributed by atoms with E-state index in [1.54, 1.807) is 0 Å². The zero-order chi connectivity index (χ0) is 14.7. The Morgan fingerprint density at radius 3 is 2.67 bits per heavy atom. The lowest BCUT2D eigenvalue weighted by Crippen LogP contribution is -2.54. The van der Waals surface area contributed by atoms with Crippen LogP contribution in [0.2, 0.25) is 5.02 Å². The summed E-state index contributed by atoms with van der Waals surface area (Å²) in [5.74, 6) is 0.755. The summed E-state index contributed by atoms with van der Waals surface area (Å²) in [7, 11) is 0. The van der Waals surface area contributed by atoms with Crippen LogP contribution < -0.4 is 4.74 Å². The number of halogens is 1. The standard InChI is InChI=1S/C17H24ClNO2/c18-13-6-4-7-14(12-13)21-16-9-5-8-15(17(16)20)19-10-2-1-3-11-19/h4,6-7,12,15-17,20H,1-3,5,8-11H2/t15-,16+,17+/m0/s1. The summed E-state index contributed by atoms with van der Waals surface area (Å²) < 4.78 is 6.01. The molecule has 1 aliphatic heterocycles. The average molecular weight is 310 g/mol. The van der Waals surface area contributed by atoms with E-state index in [1.165, 1.54) is 19.3 Å². The van der Waals surface area contributed by atoms with Gasteiger partial charge >= 0.3 is 0 Å². The first kappa shape index (κ1) is 15.1. The van der Waals surface area contributed by atoms with Crippen molar-refractivity contribution in [2.24, 2.45) is 0 Å². The molecule has 0 unspecified atom stereocenters. The van der Waals surface area contributed by atoms with Gasteiger partial charge in [0.25, 0.3) is 0 Å². The molecule has 1 saturated carbocycles. The highest BCUT2D eigenvalue weighted by atomic mass is 35.5. The third-order valence-corrected chi connectivity index (χ3v) is 4.94. The Bertz CT molecular complexity index is 462. The van der Waals surface area contributed by atoms with Gasteiger partial charge in [-0.1, -0.05) is 24.1 Å². The second-order valence-electron chi connectivity index (χ2n) is 6.20. The third kappa shape index (κ3) is 3.71. The fraction of sp³-hybridized carbons (Fsp3) is 0.647. The Labute approximate surface area is 131 Å². The van der Waals surface area contributed by atoms with Gasteiger partial charge in [-0.15, -0.1) is 0 Å². The summed E-state index contributed by atoms with van der Waals surface area (Å²) in [5, 5.41) is 11.4. The maximum atomic E-state index is 10.7. The van der Waals surface area contributed by atoms with E-state index in [1.807, 2.05) is 24.3 Å². The van der Waals surface area contributed by atoms with E-state index in [-0.39, 0.29) is 12.1 Å². The Balaban J connectivity index is 1.65. The number of ether oxygens (including phenoxy) is 1. The summed E-state index contributed by atoms with van der Waals surface area (Å²) >= 11 is 6.00. The first-order valence-electron chi connectivity index (χ1n) is 8.08. The van der Waals surface area contributed by atoms with Gasteiger partial charge < -0.3 is 9.84 Å². The quantitative estimate of drug-likeness (QED) is 0.928. The summed E-state index contributed by atoms with van der Waals surface area (Å²) in [5.41, 5.74) is 0. The lowest BCUT2D eigenvalue weighted by Gasteiger charge is -2.42. The van der Waals surface area contributed by atoms with Crippen molar-refractivity contribution in [3.05, 3.63) is 29.3 Å². The number of aliphatic hydroxyl groups is 1. The van der Waals surface area contributed by atoms with Crippen molar-refractivity contribution >= 4 is 11.6 Å². The molecule has 3 atom stereocenters. The minimum absolute atomic E-state index is 0.121. The summed E-state index contributed by atoms with van der Waals surface area (Å²) in [6.45, 7) is 2.23. The van der Waals surface area contributed by atoms with Crippen LogP contribution in [0.1, 0.15) is 38.5 Å². The summed E-state index contributed by atoms with van der Waals surface area (Å²) in [6.07, 6.45) is 6.41. The fourth-order valence-electron chi connectivity index (χ4n) is 3.61. The van der Waals surface area contributed by atoms with Crippen molar-refractivity contribution < 1.29 is 9.84 Å². The molecule has 1 aromatic carbocycles. The van der Waals surface area contributed by atoms with Crippen LogP contribution in [0.3, 0.4) is 0 Å². The van der Waals surface area contributed by atoms with Crippen LogP contribution in [-0.2, 0) is 0 Å². The van der Waals surface area contributed by atoms with E-state index in [4.69, 9.17) is 16.3 Å². The van der Waals surface area contributed by atoms with Gasteiger partial charge in [0.1, 0.15) is 18.0 Å². The van der Waals surface area contributed by atoms with E-state index in [0.29, 0.717) is 5.02 Å². The summed E-state index contributed by atoms with van der Waals surface area (Å²) in [6, 6.07) is 7.70. The minimum Gasteiger partial charge on any atom is -0.488 e. The van der Waals surface area contributed by atoms with Crippen LogP contribution >= 0.6 is 11.6 Å². The number of likely N-dealkylation sites (tertiary alicyclic amines) is 1. The second kappa shape index (κ2) is 6.99. The van der Waals surface area contributed by atoms with Crippen LogP contribution in [0.5, 0.6) is 5.75 Å². The zero-order valence-corrected chi connectivity index (χ0v) is 13.1. The largest absolute Gasteiger partial charge is 0.488 e. The van der Waals surface area contributed by atoms with Gasteiger partial charge in [0.2, 0.25) is 0 Å². The predicted molar refractivity (Wildman–Crippen MR) is 84.9 cm³/mol. The monoisotopic (exact) mass is 309 g/mol. The Morgan fingerprint density at radius 2 is 1.90 bits per heavy atom. The molecule has 0 spiro atoms. The number of aliphatic hydroxyl groups excluding tert-OH is 1. The van der Waals surface area contributed by atoms with Crippen molar-refractivity contribution in [2.75, 3.05) is 13.1 Å². The Kier molecular flexibility index (Phi) is 5.04. The van der Waals surface area contributed by atoms with Crippen LogP contribution in [0, 0.1) is 0 Å². The molecule has 3 rings (SSSR count). The minimum atomic E-state index is -0.407. The zero-order valence-electron chi connectivity index (χ0n) is 12.4. The first-order valence-corrected chi connectivity index (χ1v) is 8.46. The molecule has 1 aliphatic carbocycles. The molecule has 0 bridgehead atoms. The lowest BCUT2D eigenvalue weighted by atomic mass is 9.87. The van der Waals surface area contributed by atoms with E-state index >= 15 is 0 Å². The molecule has 0 amide bonds. The third-order valence-electron chi connectivity index (χ3n) is 4.71. The van der Waals surface area contributed by atoms with Gasteiger partial charge in [0, 0.05) is 11.1 Å². The number of rotatable bonds is 3. The lowest BCUT2D eigenvalue weighted by molar-refractivity contribution is -0.0574. The number of hydrogen-bond donors (Lipinski definition) is 1. The number of piperidine rings is 1. The molecule has 21 heavy (non-hydrogen) atoms. The van der Waals surface area contributed by atoms with Gasteiger partial charge in [-0.05, 0) is 63.4 Å². The van der Waals surface area contributed by atoms with Crippen molar-refractivity contribution in [3.8, 4) is 5.75 Å². The number of benzene rings is 1. The maximum Gasteiger partial charge on any atom is 0.126 e. The highest BCUT2D eigenvalue weighted by molar-refractivity contribution is 6.30. The summed E-state index contributed by atoms with van der Waals surface area (Å²) in [4.78, 5) is 2.46. The average Bonchev–Trinajstić information content (AvgIpc) is 2.50. The van der Waals surface area contributed by atoms with Crippen molar-refractivity contribution in [1.29, 1.82) is 0 Å². The maximum absolute atomic E-state index is 10.7. The molecule has 1 heterocycles. The molecule has 0 radical (unpaired) electrons. The van der Waals surface area contributed by atoms with Crippen molar-refractivity contribution in [2.45, 2.75) is 56.8 Å². The van der Waals surface area contributed by atoms with Gasteiger partial charge in [0.05, 0.1) is 0 Å². The van der Waals surface area contributed by atoms with E-state index in [0.717, 1.165) is 38.1 Å². The molecule has 3 nitrogen and oxygen atoms in total. The molecule has 1 aromatic rings. The number of nitrogens with zero attached hydrogens (tertiary/aromatic N) is 1. The molecular formula is C17H24ClNO2. The Hall–Kier alpha value is -0.770. The van der Waals surface area contributed by atoms with Crippen LogP contribution in [0.25, 0.3) is 0 Å². The first-order chi connectivity index (χ1) is 10.2.